The fourth-order valence-electron chi connectivity index (χ4n) is 4.19. The Morgan fingerprint density at radius 1 is 1.11 bits per heavy atom. The molecule has 1 unspecified atom stereocenters. The van der Waals surface area contributed by atoms with Gasteiger partial charge in [-0.05, 0) is 65.2 Å². The topological polar surface area (TPSA) is 187 Å². The number of carboxylic acid groups (broad SMARTS) is 1. The van der Waals surface area contributed by atoms with Crippen LogP contribution in [0.2, 0.25) is 0 Å². The lowest BCUT2D eigenvalue weighted by molar-refractivity contribution is -0.192. The Kier molecular flexibility index (Phi) is 11.3. The number of rotatable bonds is 10. The molecule has 1 heterocycles. The van der Waals surface area contributed by atoms with E-state index in [9.17, 15) is 31.2 Å². The summed E-state index contributed by atoms with van der Waals surface area (Å²) in [6.07, 6.45) is -3.35. The van der Waals surface area contributed by atoms with Crippen LogP contribution < -0.4 is 20.0 Å². The maximum absolute atomic E-state index is 13.2. The van der Waals surface area contributed by atoms with Gasteiger partial charge in [0, 0.05) is 18.7 Å². The number of aliphatic carboxylic acids is 1. The van der Waals surface area contributed by atoms with E-state index in [1.807, 2.05) is 6.07 Å². The van der Waals surface area contributed by atoms with Gasteiger partial charge in [-0.2, -0.15) is 23.0 Å². The molecule has 0 aliphatic carbocycles. The zero-order valence-electron chi connectivity index (χ0n) is 23.9. The van der Waals surface area contributed by atoms with Crippen molar-refractivity contribution in [3.05, 3.63) is 65.7 Å². The summed E-state index contributed by atoms with van der Waals surface area (Å²) in [6, 6.07) is 14.3. The third-order valence-corrected chi connectivity index (χ3v) is 7.88. The third kappa shape index (κ3) is 9.29. The quantitative estimate of drug-likeness (QED) is 0.127. The number of nitrogens with two attached hydrogens (primary N) is 1. The summed E-state index contributed by atoms with van der Waals surface area (Å²) in [7, 11) is -1.18. The minimum absolute atomic E-state index is 0.0526. The van der Waals surface area contributed by atoms with E-state index < -0.39 is 34.2 Å². The molecule has 0 spiro atoms. The van der Waals surface area contributed by atoms with Gasteiger partial charge in [0.05, 0.1) is 25.3 Å². The van der Waals surface area contributed by atoms with Crippen LogP contribution in [0.5, 0.6) is 11.5 Å². The fraction of sp³-hybridized carbons (Fsp3) is 0.286. The van der Waals surface area contributed by atoms with Crippen LogP contribution >= 0.6 is 0 Å². The lowest BCUT2D eigenvalue weighted by Crippen LogP contribution is -2.41. The Balaban J connectivity index is 0.000000707. The molecule has 1 aliphatic heterocycles. The number of hydrogen-bond donors (Lipinski definition) is 3. The molecule has 45 heavy (non-hydrogen) atoms. The summed E-state index contributed by atoms with van der Waals surface area (Å²) in [6.45, 7) is 0.157. The predicted octanol–water partition coefficient (Wildman–Crippen LogP) is 2.41. The van der Waals surface area contributed by atoms with Gasteiger partial charge >= 0.3 is 18.1 Å². The number of hydrazone groups is 1. The van der Waals surface area contributed by atoms with Crippen LogP contribution in [0.1, 0.15) is 17.5 Å². The molecule has 1 amide bonds. The van der Waals surface area contributed by atoms with E-state index in [2.05, 4.69) is 14.6 Å². The summed E-state index contributed by atoms with van der Waals surface area (Å²) in [5.74, 6) is 2.58. The highest BCUT2D eigenvalue weighted by Gasteiger charge is 2.38. The number of alkyl halides is 3. The molecule has 3 aromatic rings. The van der Waals surface area contributed by atoms with Gasteiger partial charge in [-0.1, -0.05) is 12.1 Å². The van der Waals surface area contributed by atoms with Gasteiger partial charge in [-0.15, -0.1) is 0 Å². The molecule has 4 rings (SSSR count). The minimum atomic E-state index is -5.08. The van der Waals surface area contributed by atoms with Crippen molar-refractivity contribution in [2.24, 2.45) is 10.9 Å². The number of benzene rings is 3. The molecule has 1 aliphatic rings. The maximum atomic E-state index is 13.2. The second-order valence-electron chi connectivity index (χ2n) is 9.41. The van der Waals surface area contributed by atoms with Crippen molar-refractivity contribution >= 4 is 44.9 Å². The second kappa shape index (κ2) is 14.7. The van der Waals surface area contributed by atoms with Crippen LogP contribution in [0.15, 0.2) is 64.6 Å². The van der Waals surface area contributed by atoms with Crippen LogP contribution in [0.25, 0.3) is 10.8 Å². The summed E-state index contributed by atoms with van der Waals surface area (Å²) in [5, 5.41) is 12.2. The van der Waals surface area contributed by atoms with Crippen molar-refractivity contribution in [2.75, 3.05) is 27.4 Å². The number of nitrogens with zero attached hydrogens (tertiary/aromatic N) is 2. The lowest BCUT2D eigenvalue weighted by atomic mass is 10.1. The number of carbonyl (C=O) groups excluding carboxylic acids is 2. The average molecular weight is 655 g/mol. The molecule has 17 heteroatoms. The van der Waals surface area contributed by atoms with Gasteiger partial charge in [0.15, 0.2) is 6.61 Å². The van der Waals surface area contributed by atoms with Crippen LogP contribution in [-0.2, 0) is 35.7 Å². The molecular formula is C28H29F3N4O9S. The fourth-order valence-corrected chi connectivity index (χ4v) is 5.45. The van der Waals surface area contributed by atoms with E-state index in [-0.39, 0.29) is 24.0 Å². The number of hydrogen-bond acceptors (Lipinski definition) is 10. The average Bonchev–Trinajstić information content (AvgIpc) is 3.33. The predicted molar refractivity (Wildman–Crippen MR) is 154 cm³/mol. The molecule has 13 nitrogen and oxygen atoms in total. The zero-order valence-corrected chi connectivity index (χ0v) is 24.7. The van der Waals surface area contributed by atoms with Gasteiger partial charge in [-0.3, -0.25) is 4.79 Å². The first-order valence-corrected chi connectivity index (χ1v) is 14.4. The normalized spacial score (nSPS) is 15.1. The highest BCUT2D eigenvalue weighted by Crippen LogP contribution is 2.27. The van der Waals surface area contributed by atoms with Crippen molar-refractivity contribution in [3.8, 4) is 11.5 Å². The number of likely N-dealkylation sites (tertiary alicyclic amines) is 1. The Bertz CT molecular complexity index is 1700. The lowest BCUT2D eigenvalue weighted by Gasteiger charge is -2.20. The molecular weight excluding hydrogens is 625 g/mol. The van der Waals surface area contributed by atoms with E-state index in [4.69, 9.17) is 25.2 Å². The highest BCUT2D eigenvalue weighted by molar-refractivity contribution is 7.89. The SMILES string of the molecule is COC(=O)COc1ccc(C=NN)cc1CN1CCC(NS(=O)(=O)c2ccc3ccc(OC)cc3c2)C1=O.O=C(O)C(F)(F)F. The van der Waals surface area contributed by atoms with Gasteiger partial charge in [-0.25, -0.2) is 18.0 Å². The van der Waals surface area contributed by atoms with E-state index in [0.717, 1.165) is 5.39 Å². The van der Waals surface area contributed by atoms with Crippen molar-refractivity contribution < 1.29 is 55.3 Å². The van der Waals surface area contributed by atoms with Gasteiger partial charge in [0.2, 0.25) is 15.9 Å². The highest BCUT2D eigenvalue weighted by atomic mass is 32.2. The Morgan fingerprint density at radius 3 is 2.42 bits per heavy atom. The molecule has 0 aromatic heterocycles. The summed E-state index contributed by atoms with van der Waals surface area (Å²) >= 11 is 0. The molecule has 0 bridgehead atoms. The van der Waals surface area contributed by atoms with Crippen molar-refractivity contribution in [3.63, 3.8) is 0 Å². The summed E-state index contributed by atoms with van der Waals surface area (Å²) in [5.41, 5.74) is 1.27. The summed E-state index contributed by atoms with van der Waals surface area (Å²) in [4.78, 5) is 35.2. The largest absolute Gasteiger partial charge is 0.497 e. The van der Waals surface area contributed by atoms with Crippen LogP contribution in [0.3, 0.4) is 0 Å². The third-order valence-electron chi connectivity index (χ3n) is 6.41. The number of carboxylic acids is 1. The second-order valence-corrected chi connectivity index (χ2v) is 11.1. The molecule has 1 fully saturated rings. The number of carbonyl (C=O) groups is 3. The maximum Gasteiger partial charge on any atom is 0.490 e. The van der Waals surface area contributed by atoms with Gasteiger partial charge in [0.25, 0.3) is 0 Å². The first-order chi connectivity index (χ1) is 21.2. The van der Waals surface area contributed by atoms with Gasteiger partial charge < -0.3 is 30.1 Å². The van der Waals surface area contributed by atoms with Gasteiger partial charge in [0.1, 0.15) is 17.5 Å². The van der Waals surface area contributed by atoms with E-state index in [1.165, 1.54) is 31.4 Å². The minimum Gasteiger partial charge on any atom is -0.497 e. The summed E-state index contributed by atoms with van der Waals surface area (Å²) < 4.78 is 76.0. The molecule has 3 aromatic carbocycles. The molecule has 0 radical (unpaired) electrons. The monoisotopic (exact) mass is 654 g/mol. The van der Waals surface area contributed by atoms with Crippen LogP contribution in [-0.4, -0.2) is 82.1 Å². The molecule has 4 N–H and O–H groups in total. The van der Waals surface area contributed by atoms with Crippen molar-refractivity contribution in [2.45, 2.75) is 30.1 Å². The Morgan fingerprint density at radius 2 is 1.80 bits per heavy atom. The first-order valence-electron chi connectivity index (χ1n) is 12.9. The zero-order chi connectivity index (χ0) is 33.4. The first kappa shape index (κ1) is 34.6. The molecule has 242 valence electrons. The molecule has 1 saturated heterocycles. The van der Waals surface area contributed by atoms with E-state index >= 15 is 0 Å². The molecule has 0 saturated carbocycles. The van der Waals surface area contributed by atoms with E-state index in [0.29, 0.717) is 41.0 Å². The number of amides is 1. The van der Waals surface area contributed by atoms with Crippen LogP contribution in [0, 0.1) is 0 Å². The Labute approximate surface area is 255 Å². The number of halogens is 3. The number of esters is 1. The number of nitrogens with one attached hydrogen (secondary N) is 1. The number of ether oxygens (including phenoxy) is 3. The van der Waals surface area contributed by atoms with Crippen LogP contribution in [0.4, 0.5) is 13.2 Å². The number of fused-ring (bicyclic) bond motifs is 1. The smallest absolute Gasteiger partial charge is 0.490 e. The van der Waals surface area contributed by atoms with E-state index in [1.54, 1.807) is 42.5 Å². The van der Waals surface area contributed by atoms with Crippen molar-refractivity contribution in [1.29, 1.82) is 0 Å². The van der Waals surface area contributed by atoms with Crippen molar-refractivity contribution in [1.82, 2.24) is 9.62 Å². The number of methoxy groups -OCH3 is 2. The standard InChI is InChI=1S/C26H28N4O7S.C2HF3O2/c1-35-21-6-4-18-5-7-22(13-19(18)12-21)38(33,34)29-23-9-10-30(26(23)32)15-20-11-17(14-28-27)3-8-24(20)37-16-25(31)36-2;3-2(4,5)1(6)7/h3-8,11-14,23,29H,9-10,15-16,27H2,1-2H3;(H,6,7). The molecule has 1 atom stereocenters. The Hall–Kier alpha value is -4.90. The number of sulfonamides is 1.